The smallest absolute Gasteiger partial charge is 0.172 e. The Morgan fingerprint density at radius 2 is 2.11 bits per heavy atom. The molecule has 2 rings (SSSR count). The first-order chi connectivity index (χ1) is 8.47. The lowest BCUT2D eigenvalue weighted by Crippen LogP contribution is -1.99. The molecule has 0 aliphatic heterocycles. The van der Waals surface area contributed by atoms with Crippen molar-refractivity contribution in [2.24, 2.45) is 5.92 Å². The maximum absolute atomic E-state index is 6.04. The van der Waals surface area contributed by atoms with E-state index in [4.69, 9.17) is 21.9 Å². The second-order valence-corrected chi connectivity index (χ2v) is 5.98. The lowest BCUT2D eigenvalue weighted by molar-refractivity contribution is 0.434. The van der Waals surface area contributed by atoms with Gasteiger partial charge in [-0.05, 0) is 30.5 Å². The van der Waals surface area contributed by atoms with Gasteiger partial charge in [-0.25, -0.2) is 0 Å². The van der Waals surface area contributed by atoms with E-state index in [2.05, 4.69) is 34.9 Å². The lowest BCUT2D eigenvalue weighted by atomic mass is 10.00. The second kappa shape index (κ2) is 5.33. The Hall–Kier alpha value is -1.000. The summed E-state index contributed by atoms with van der Waals surface area (Å²) >= 11 is 9.46. The van der Waals surface area contributed by atoms with Gasteiger partial charge in [0.05, 0.1) is 0 Å². The monoisotopic (exact) mass is 328 g/mol. The zero-order valence-corrected chi connectivity index (χ0v) is 12.5. The number of benzene rings is 1. The Morgan fingerprint density at radius 1 is 1.39 bits per heavy atom. The van der Waals surface area contributed by atoms with Crippen LogP contribution < -0.4 is 5.73 Å². The number of nitrogens with zero attached hydrogens (tertiary/aromatic N) is 1. The van der Waals surface area contributed by atoms with Crippen LogP contribution in [0.15, 0.2) is 27.2 Å². The van der Waals surface area contributed by atoms with Crippen LogP contribution in [0, 0.1) is 5.92 Å². The topological polar surface area (TPSA) is 52.0 Å². The summed E-state index contributed by atoms with van der Waals surface area (Å²) in [5.74, 6) is 1.63. The van der Waals surface area contributed by atoms with Crippen LogP contribution in [0.2, 0.25) is 5.02 Å². The maximum atomic E-state index is 6.04. The molecule has 18 heavy (non-hydrogen) atoms. The predicted octanol–water partition coefficient (Wildman–Crippen LogP) is 4.54. The Labute approximate surface area is 119 Å². The standard InChI is InChI=1S/C13H14BrClN2O/c1-7(2)3-11-12(18-17-13(11)16)8-4-9(14)6-10(15)5-8/h4-7H,3H2,1-2H3,(H2,16,17). The Kier molecular flexibility index (Phi) is 3.97. The average Bonchev–Trinajstić information content (AvgIpc) is 2.58. The van der Waals surface area contributed by atoms with Crippen molar-refractivity contribution in [3.63, 3.8) is 0 Å². The van der Waals surface area contributed by atoms with Crippen molar-refractivity contribution in [2.75, 3.05) is 5.73 Å². The molecule has 1 aromatic carbocycles. The quantitative estimate of drug-likeness (QED) is 0.899. The van der Waals surface area contributed by atoms with Crippen LogP contribution in [0.1, 0.15) is 19.4 Å². The number of hydrogen-bond donors (Lipinski definition) is 1. The number of nitrogen functional groups attached to an aromatic ring is 1. The van der Waals surface area contributed by atoms with Gasteiger partial charge in [0.25, 0.3) is 0 Å². The van der Waals surface area contributed by atoms with Gasteiger partial charge >= 0.3 is 0 Å². The van der Waals surface area contributed by atoms with Crippen LogP contribution in [-0.2, 0) is 6.42 Å². The summed E-state index contributed by atoms with van der Waals surface area (Å²) in [4.78, 5) is 0. The zero-order valence-electron chi connectivity index (χ0n) is 10.2. The van der Waals surface area contributed by atoms with E-state index in [0.29, 0.717) is 22.5 Å². The molecule has 0 spiro atoms. The van der Waals surface area contributed by atoms with Crippen LogP contribution in [0.25, 0.3) is 11.3 Å². The van der Waals surface area contributed by atoms with Gasteiger partial charge in [-0.2, -0.15) is 0 Å². The van der Waals surface area contributed by atoms with Crippen molar-refractivity contribution in [1.29, 1.82) is 0 Å². The molecule has 0 fully saturated rings. The summed E-state index contributed by atoms with van der Waals surface area (Å²) in [6, 6.07) is 5.61. The van der Waals surface area contributed by atoms with Crippen molar-refractivity contribution >= 4 is 33.3 Å². The average molecular weight is 330 g/mol. The maximum Gasteiger partial charge on any atom is 0.172 e. The number of aromatic nitrogens is 1. The molecule has 0 aliphatic carbocycles. The minimum atomic E-state index is 0.454. The molecule has 0 saturated heterocycles. The fraction of sp³-hybridized carbons (Fsp3) is 0.308. The summed E-state index contributed by atoms with van der Waals surface area (Å²) in [6.07, 6.45) is 0.828. The van der Waals surface area contributed by atoms with Crippen LogP contribution in [0.5, 0.6) is 0 Å². The summed E-state index contributed by atoms with van der Waals surface area (Å²) in [5.41, 5.74) is 7.68. The van der Waals surface area contributed by atoms with Gasteiger partial charge < -0.3 is 10.3 Å². The molecule has 5 heteroatoms. The number of nitrogens with two attached hydrogens (primary N) is 1. The number of rotatable bonds is 3. The predicted molar refractivity (Wildman–Crippen MR) is 77.6 cm³/mol. The summed E-state index contributed by atoms with van der Waals surface area (Å²) < 4.78 is 6.24. The highest BCUT2D eigenvalue weighted by Gasteiger charge is 2.17. The molecular weight excluding hydrogens is 316 g/mol. The normalized spacial score (nSPS) is 11.2. The fourth-order valence-electron chi connectivity index (χ4n) is 1.84. The van der Waals surface area contributed by atoms with Gasteiger partial charge in [-0.15, -0.1) is 0 Å². The molecule has 2 aromatic rings. The Morgan fingerprint density at radius 3 is 2.72 bits per heavy atom. The van der Waals surface area contributed by atoms with E-state index in [1.165, 1.54) is 0 Å². The van der Waals surface area contributed by atoms with Gasteiger partial charge in [-0.3, -0.25) is 0 Å². The molecule has 0 radical (unpaired) electrons. The molecule has 0 saturated carbocycles. The first-order valence-electron chi connectivity index (χ1n) is 5.68. The van der Waals surface area contributed by atoms with E-state index in [1.807, 2.05) is 18.2 Å². The zero-order chi connectivity index (χ0) is 13.3. The van der Waals surface area contributed by atoms with Crippen LogP contribution >= 0.6 is 27.5 Å². The number of anilines is 1. The first-order valence-corrected chi connectivity index (χ1v) is 6.85. The Bertz CT molecular complexity index is 546. The van der Waals surface area contributed by atoms with E-state index in [-0.39, 0.29) is 0 Å². The molecule has 0 amide bonds. The lowest BCUT2D eigenvalue weighted by Gasteiger charge is -2.06. The van der Waals surface area contributed by atoms with Gasteiger partial charge in [0.2, 0.25) is 0 Å². The van der Waals surface area contributed by atoms with E-state index < -0.39 is 0 Å². The van der Waals surface area contributed by atoms with Crippen molar-refractivity contribution in [3.8, 4) is 11.3 Å². The molecule has 0 aliphatic rings. The van der Waals surface area contributed by atoms with Crippen LogP contribution in [-0.4, -0.2) is 5.16 Å². The summed E-state index contributed by atoms with van der Waals surface area (Å²) in [6.45, 7) is 4.26. The summed E-state index contributed by atoms with van der Waals surface area (Å²) in [5, 5.41) is 4.49. The van der Waals surface area contributed by atoms with Crippen molar-refractivity contribution in [2.45, 2.75) is 20.3 Å². The summed E-state index contributed by atoms with van der Waals surface area (Å²) in [7, 11) is 0. The third-order valence-corrected chi connectivity index (χ3v) is 3.23. The van der Waals surface area contributed by atoms with Crippen LogP contribution in [0.4, 0.5) is 5.82 Å². The SMILES string of the molecule is CC(C)Cc1c(N)noc1-c1cc(Cl)cc(Br)c1. The van der Waals surface area contributed by atoms with Crippen LogP contribution in [0.3, 0.4) is 0 Å². The minimum Gasteiger partial charge on any atom is -0.381 e. The van der Waals surface area contributed by atoms with Crippen molar-refractivity contribution in [3.05, 3.63) is 33.3 Å². The highest BCUT2D eigenvalue weighted by atomic mass is 79.9. The Balaban J connectivity index is 2.50. The minimum absolute atomic E-state index is 0.454. The number of hydrogen-bond acceptors (Lipinski definition) is 3. The third-order valence-electron chi connectivity index (χ3n) is 2.56. The van der Waals surface area contributed by atoms with Crippen molar-refractivity contribution in [1.82, 2.24) is 5.16 Å². The molecule has 3 nitrogen and oxygen atoms in total. The van der Waals surface area contributed by atoms with E-state index in [9.17, 15) is 0 Å². The van der Waals surface area contributed by atoms with E-state index in [0.717, 1.165) is 22.0 Å². The molecule has 0 atom stereocenters. The molecule has 96 valence electrons. The number of halogens is 2. The molecule has 0 bridgehead atoms. The van der Waals surface area contributed by atoms with Gasteiger partial charge in [-0.1, -0.05) is 46.5 Å². The third kappa shape index (κ3) is 2.87. The van der Waals surface area contributed by atoms with E-state index in [1.54, 1.807) is 0 Å². The van der Waals surface area contributed by atoms with Gasteiger partial charge in [0.1, 0.15) is 0 Å². The van der Waals surface area contributed by atoms with Crippen molar-refractivity contribution < 1.29 is 4.52 Å². The fourth-order valence-corrected chi connectivity index (χ4v) is 2.70. The molecule has 1 aromatic heterocycles. The highest BCUT2D eigenvalue weighted by Crippen LogP contribution is 2.33. The second-order valence-electron chi connectivity index (χ2n) is 4.63. The van der Waals surface area contributed by atoms with E-state index >= 15 is 0 Å². The van der Waals surface area contributed by atoms with Gasteiger partial charge in [0, 0.05) is 20.6 Å². The van der Waals surface area contributed by atoms with Gasteiger partial charge in [0.15, 0.2) is 11.6 Å². The first kappa shape index (κ1) is 13.4. The molecule has 1 heterocycles. The highest BCUT2D eigenvalue weighted by molar-refractivity contribution is 9.10. The largest absolute Gasteiger partial charge is 0.381 e. The molecule has 0 unspecified atom stereocenters. The molecular formula is C13H14BrClN2O. The molecule has 2 N–H and O–H groups in total.